The lowest BCUT2D eigenvalue weighted by atomic mass is 10.2. The molecule has 2 amide bonds. The lowest BCUT2D eigenvalue weighted by molar-refractivity contribution is -0.135. The van der Waals surface area contributed by atoms with Crippen LogP contribution in [0.25, 0.3) is 6.08 Å². The van der Waals surface area contributed by atoms with Crippen LogP contribution < -0.4 is 15.5 Å². The van der Waals surface area contributed by atoms with E-state index in [1.165, 1.54) is 13.1 Å². The van der Waals surface area contributed by atoms with Crippen LogP contribution in [0.3, 0.4) is 0 Å². The molecule has 130 valence electrons. The molecule has 2 aromatic carbocycles. The molecule has 0 aliphatic rings. The van der Waals surface area contributed by atoms with Gasteiger partial charge in [0, 0.05) is 13.1 Å². The van der Waals surface area contributed by atoms with Gasteiger partial charge in [-0.05, 0) is 29.3 Å². The maximum absolute atomic E-state index is 11.6. The summed E-state index contributed by atoms with van der Waals surface area (Å²) in [6.45, 7) is 0.237. The molecule has 0 aliphatic carbocycles. The van der Waals surface area contributed by atoms with Crippen molar-refractivity contribution < 1.29 is 19.2 Å². The standard InChI is InChI=1S/C19H20N2O4/c1-20-19(23)14-25-21-18(22)11-10-15-8-5-9-17(12-15)24-13-16-6-3-2-4-7-16/h2-12H,13-14H2,1H3,(H,20,23)(H,21,22)/b11-10+. The number of ether oxygens (including phenoxy) is 1. The minimum atomic E-state index is -0.459. The second-order valence-corrected chi connectivity index (χ2v) is 5.11. The number of amides is 2. The fraction of sp³-hybridized carbons (Fsp3) is 0.158. The maximum atomic E-state index is 11.6. The van der Waals surface area contributed by atoms with Crippen LogP contribution in [0.15, 0.2) is 60.7 Å². The van der Waals surface area contributed by atoms with Crippen molar-refractivity contribution in [3.8, 4) is 5.75 Å². The van der Waals surface area contributed by atoms with E-state index in [1.807, 2.05) is 54.6 Å². The first kappa shape index (κ1) is 18.2. The number of benzene rings is 2. The molecule has 2 rings (SSSR count). The molecule has 0 heterocycles. The van der Waals surface area contributed by atoms with Gasteiger partial charge in [0.15, 0.2) is 6.61 Å². The third kappa shape index (κ3) is 6.88. The van der Waals surface area contributed by atoms with Crippen molar-refractivity contribution >= 4 is 17.9 Å². The van der Waals surface area contributed by atoms with E-state index in [2.05, 4.69) is 10.8 Å². The van der Waals surface area contributed by atoms with Crippen LogP contribution in [0.1, 0.15) is 11.1 Å². The predicted octanol–water partition coefficient (Wildman–Crippen LogP) is 2.07. The molecule has 0 bridgehead atoms. The van der Waals surface area contributed by atoms with Crippen LogP contribution in [-0.2, 0) is 21.0 Å². The molecular weight excluding hydrogens is 320 g/mol. The molecule has 0 aromatic heterocycles. The molecule has 0 spiro atoms. The van der Waals surface area contributed by atoms with Crippen molar-refractivity contribution in [2.75, 3.05) is 13.7 Å². The molecule has 2 aromatic rings. The molecule has 2 N–H and O–H groups in total. The molecule has 0 atom stereocenters. The Bertz CT molecular complexity index is 729. The number of likely N-dealkylation sites (N-methyl/N-ethyl adjacent to an activating group) is 1. The zero-order valence-corrected chi connectivity index (χ0v) is 13.9. The summed E-state index contributed by atoms with van der Waals surface area (Å²) in [4.78, 5) is 27.3. The molecule has 6 heteroatoms. The van der Waals surface area contributed by atoms with Crippen LogP contribution in [0.4, 0.5) is 0 Å². The van der Waals surface area contributed by atoms with Crippen molar-refractivity contribution in [3.05, 3.63) is 71.8 Å². The van der Waals surface area contributed by atoms with E-state index in [0.29, 0.717) is 12.4 Å². The second-order valence-electron chi connectivity index (χ2n) is 5.11. The van der Waals surface area contributed by atoms with E-state index in [-0.39, 0.29) is 12.5 Å². The Balaban J connectivity index is 1.83. The molecule has 0 aliphatic heterocycles. The van der Waals surface area contributed by atoms with E-state index in [1.54, 1.807) is 6.08 Å². The number of hydroxylamine groups is 1. The van der Waals surface area contributed by atoms with Crippen LogP contribution in [0.5, 0.6) is 5.75 Å². The number of hydrogen-bond acceptors (Lipinski definition) is 4. The molecule has 0 radical (unpaired) electrons. The number of hydrogen-bond donors (Lipinski definition) is 2. The quantitative estimate of drug-likeness (QED) is 0.570. The lowest BCUT2D eigenvalue weighted by Crippen LogP contribution is -2.30. The van der Waals surface area contributed by atoms with E-state index in [9.17, 15) is 9.59 Å². The smallest absolute Gasteiger partial charge is 0.267 e. The summed E-state index contributed by atoms with van der Waals surface area (Å²) in [6, 6.07) is 17.2. The lowest BCUT2D eigenvalue weighted by Gasteiger charge is -2.07. The summed E-state index contributed by atoms with van der Waals surface area (Å²) < 4.78 is 5.74. The van der Waals surface area contributed by atoms with Gasteiger partial charge < -0.3 is 10.1 Å². The summed E-state index contributed by atoms with van der Waals surface area (Å²) in [7, 11) is 1.49. The maximum Gasteiger partial charge on any atom is 0.267 e. The van der Waals surface area contributed by atoms with Crippen LogP contribution in [0.2, 0.25) is 0 Å². The van der Waals surface area contributed by atoms with Crippen molar-refractivity contribution in [2.45, 2.75) is 6.61 Å². The van der Waals surface area contributed by atoms with Crippen molar-refractivity contribution in [2.24, 2.45) is 0 Å². The van der Waals surface area contributed by atoms with Gasteiger partial charge in [-0.2, -0.15) is 0 Å². The first-order valence-electron chi connectivity index (χ1n) is 7.74. The van der Waals surface area contributed by atoms with Crippen LogP contribution >= 0.6 is 0 Å². The molecule has 25 heavy (non-hydrogen) atoms. The summed E-state index contributed by atoms with van der Waals surface area (Å²) >= 11 is 0. The largest absolute Gasteiger partial charge is 0.489 e. The topological polar surface area (TPSA) is 76.7 Å². The Hall–Kier alpha value is -3.12. The Morgan fingerprint density at radius 2 is 1.88 bits per heavy atom. The normalized spacial score (nSPS) is 10.4. The average molecular weight is 340 g/mol. The van der Waals surface area contributed by atoms with Gasteiger partial charge in [0.1, 0.15) is 12.4 Å². The molecule has 0 saturated carbocycles. The van der Waals surface area contributed by atoms with Crippen LogP contribution in [-0.4, -0.2) is 25.5 Å². The van der Waals surface area contributed by atoms with E-state index < -0.39 is 5.91 Å². The van der Waals surface area contributed by atoms with Gasteiger partial charge in [-0.15, -0.1) is 0 Å². The molecule has 0 unspecified atom stereocenters. The van der Waals surface area contributed by atoms with E-state index in [0.717, 1.165) is 11.1 Å². The van der Waals surface area contributed by atoms with Crippen molar-refractivity contribution in [3.63, 3.8) is 0 Å². The summed E-state index contributed by atoms with van der Waals surface area (Å²) in [5.74, 6) is -0.0747. The zero-order chi connectivity index (χ0) is 17.9. The van der Waals surface area contributed by atoms with E-state index in [4.69, 9.17) is 9.57 Å². The Labute approximate surface area is 146 Å². The van der Waals surface area contributed by atoms with Gasteiger partial charge in [0.05, 0.1) is 0 Å². The van der Waals surface area contributed by atoms with Gasteiger partial charge in [-0.1, -0.05) is 42.5 Å². The second kappa shape index (κ2) is 9.89. The highest BCUT2D eigenvalue weighted by Gasteiger charge is 2.00. The molecule has 6 nitrogen and oxygen atoms in total. The fourth-order valence-electron chi connectivity index (χ4n) is 1.90. The fourth-order valence-corrected chi connectivity index (χ4v) is 1.90. The molecule has 0 fully saturated rings. The monoisotopic (exact) mass is 340 g/mol. The van der Waals surface area contributed by atoms with Gasteiger partial charge in [-0.3, -0.25) is 14.4 Å². The highest BCUT2D eigenvalue weighted by molar-refractivity contribution is 5.91. The first-order valence-corrected chi connectivity index (χ1v) is 7.74. The van der Waals surface area contributed by atoms with Gasteiger partial charge in [-0.25, -0.2) is 5.48 Å². The zero-order valence-electron chi connectivity index (χ0n) is 13.9. The minimum Gasteiger partial charge on any atom is -0.489 e. The SMILES string of the molecule is CNC(=O)CONC(=O)/C=C/c1cccc(OCc2ccccc2)c1. The Kier molecular flexibility index (Phi) is 7.21. The van der Waals surface area contributed by atoms with Crippen molar-refractivity contribution in [1.82, 2.24) is 10.8 Å². The van der Waals surface area contributed by atoms with Crippen LogP contribution in [0, 0.1) is 0 Å². The summed E-state index contributed by atoms with van der Waals surface area (Å²) in [5.41, 5.74) is 4.05. The highest BCUT2D eigenvalue weighted by atomic mass is 16.7. The number of rotatable bonds is 8. The third-order valence-electron chi connectivity index (χ3n) is 3.19. The molecular formula is C19H20N2O4. The third-order valence-corrected chi connectivity index (χ3v) is 3.19. The predicted molar refractivity (Wildman–Crippen MR) is 94.4 cm³/mol. The van der Waals surface area contributed by atoms with E-state index >= 15 is 0 Å². The van der Waals surface area contributed by atoms with Gasteiger partial charge in [0.2, 0.25) is 5.91 Å². The number of carbonyl (C=O) groups excluding carboxylic acids is 2. The number of carbonyl (C=O) groups is 2. The summed E-state index contributed by atoms with van der Waals surface area (Å²) in [6.07, 6.45) is 2.95. The highest BCUT2D eigenvalue weighted by Crippen LogP contribution is 2.16. The summed E-state index contributed by atoms with van der Waals surface area (Å²) in [5, 5.41) is 2.38. The minimum absolute atomic E-state index is 0.237. The number of nitrogens with one attached hydrogen (secondary N) is 2. The average Bonchev–Trinajstić information content (AvgIpc) is 2.66. The molecule has 0 saturated heterocycles. The van der Waals surface area contributed by atoms with Gasteiger partial charge in [0.25, 0.3) is 5.91 Å². The van der Waals surface area contributed by atoms with Gasteiger partial charge >= 0.3 is 0 Å². The Morgan fingerprint density at radius 3 is 2.64 bits per heavy atom. The Morgan fingerprint density at radius 1 is 1.08 bits per heavy atom. The van der Waals surface area contributed by atoms with Crippen molar-refractivity contribution in [1.29, 1.82) is 0 Å². The first-order chi connectivity index (χ1) is 12.2.